The van der Waals surface area contributed by atoms with Crippen LogP contribution in [0.3, 0.4) is 0 Å². The number of benzene rings is 1. The van der Waals surface area contributed by atoms with Crippen LogP contribution in [-0.2, 0) is 14.3 Å². The van der Waals surface area contributed by atoms with E-state index in [2.05, 4.69) is 0 Å². The van der Waals surface area contributed by atoms with Gasteiger partial charge in [-0.25, -0.2) is 0 Å². The maximum absolute atomic E-state index is 11.6. The molecule has 0 saturated carbocycles. The largest absolute Gasteiger partial charge is 0.484 e. The Balaban J connectivity index is 2.47. The summed E-state index contributed by atoms with van der Waals surface area (Å²) in [6, 6.07) is 6.50. The standard InChI is InChI=1S/C14H14ClNO4/c1-2-19-14(18)6-5-12(17)9-20-13-7-11(15)4-3-10(13)8-16/h3-4,7H,2,5-6,9H2,1H3. The van der Waals surface area contributed by atoms with Gasteiger partial charge in [-0.3, -0.25) is 9.59 Å². The summed E-state index contributed by atoms with van der Waals surface area (Å²) in [5.41, 5.74) is 0.299. The summed E-state index contributed by atoms with van der Waals surface area (Å²) in [5.74, 6) is -0.410. The average Bonchev–Trinajstić information content (AvgIpc) is 2.43. The molecule has 5 nitrogen and oxygen atoms in total. The Morgan fingerprint density at radius 3 is 2.75 bits per heavy atom. The number of carbonyl (C=O) groups excluding carboxylic acids is 2. The van der Waals surface area contributed by atoms with Crippen molar-refractivity contribution in [2.75, 3.05) is 13.2 Å². The third kappa shape index (κ3) is 5.29. The van der Waals surface area contributed by atoms with E-state index in [-0.39, 0.29) is 37.6 Å². The van der Waals surface area contributed by atoms with Crippen LogP contribution in [0.1, 0.15) is 25.3 Å². The van der Waals surface area contributed by atoms with Crippen LogP contribution in [0.5, 0.6) is 5.75 Å². The van der Waals surface area contributed by atoms with Gasteiger partial charge in [-0.1, -0.05) is 11.6 Å². The van der Waals surface area contributed by atoms with Crippen molar-refractivity contribution in [3.63, 3.8) is 0 Å². The normalized spacial score (nSPS) is 9.65. The minimum Gasteiger partial charge on any atom is -0.484 e. The van der Waals surface area contributed by atoms with Crippen LogP contribution >= 0.6 is 11.6 Å². The number of Topliss-reactive ketones (excluding diaryl/α,β-unsaturated/α-hetero) is 1. The second kappa shape index (κ2) is 8.18. The highest BCUT2D eigenvalue weighted by Crippen LogP contribution is 2.22. The van der Waals surface area contributed by atoms with E-state index in [0.29, 0.717) is 10.6 Å². The van der Waals surface area contributed by atoms with Crippen LogP contribution in [-0.4, -0.2) is 25.0 Å². The van der Waals surface area contributed by atoms with E-state index in [1.807, 2.05) is 6.07 Å². The lowest BCUT2D eigenvalue weighted by atomic mass is 10.2. The summed E-state index contributed by atoms with van der Waals surface area (Å²) >= 11 is 5.79. The number of ether oxygens (including phenoxy) is 2. The molecule has 1 aromatic rings. The Bertz CT molecular complexity index is 536. The quantitative estimate of drug-likeness (QED) is 0.722. The summed E-state index contributed by atoms with van der Waals surface area (Å²) in [6.07, 6.45) is 0.0674. The molecule has 0 N–H and O–H groups in total. The van der Waals surface area contributed by atoms with Gasteiger partial charge in [-0.05, 0) is 19.1 Å². The molecule has 1 rings (SSSR count). The van der Waals surface area contributed by atoms with Gasteiger partial charge in [-0.15, -0.1) is 0 Å². The van der Waals surface area contributed by atoms with E-state index in [1.165, 1.54) is 12.1 Å². The lowest BCUT2D eigenvalue weighted by Gasteiger charge is -2.07. The van der Waals surface area contributed by atoms with E-state index in [9.17, 15) is 9.59 Å². The van der Waals surface area contributed by atoms with E-state index in [0.717, 1.165) is 0 Å². The molecule has 0 aromatic heterocycles. The number of hydrogen-bond donors (Lipinski definition) is 0. The van der Waals surface area contributed by atoms with Gasteiger partial charge in [0.2, 0.25) is 0 Å². The summed E-state index contributed by atoms with van der Waals surface area (Å²) in [5, 5.41) is 9.31. The number of nitriles is 1. The zero-order valence-electron chi connectivity index (χ0n) is 11.0. The zero-order valence-corrected chi connectivity index (χ0v) is 11.8. The van der Waals surface area contributed by atoms with E-state index < -0.39 is 5.97 Å². The third-order valence-corrected chi connectivity index (χ3v) is 2.60. The predicted octanol–water partition coefficient (Wildman–Crippen LogP) is 2.50. The van der Waals surface area contributed by atoms with Crippen molar-refractivity contribution in [3.8, 4) is 11.8 Å². The Kier molecular flexibility index (Phi) is 6.54. The Morgan fingerprint density at radius 2 is 2.10 bits per heavy atom. The molecule has 6 heteroatoms. The highest BCUT2D eigenvalue weighted by Gasteiger charge is 2.10. The average molecular weight is 296 g/mol. The van der Waals surface area contributed by atoms with Gasteiger partial charge in [0, 0.05) is 17.5 Å². The molecule has 0 heterocycles. The molecule has 0 radical (unpaired) electrons. The Morgan fingerprint density at radius 1 is 1.35 bits per heavy atom. The van der Waals surface area contributed by atoms with Gasteiger partial charge in [0.05, 0.1) is 18.6 Å². The monoisotopic (exact) mass is 295 g/mol. The van der Waals surface area contributed by atoms with Gasteiger partial charge < -0.3 is 9.47 Å². The van der Waals surface area contributed by atoms with Crippen molar-refractivity contribution in [3.05, 3.63) is 28.8 Å². The van der Waals surface area contributed by atoms with Crippen molar-refractivity contribution in [2.24, 2.45) is 0 Å². The van der Waals surface area contributed by atoms with Gasteiger partial charge in [0.1, 0.15) is 18.4 Å². The molecule has 0 spiro atoms. The molecular formula is C14H14ClNO4. The molecule has 106 valence electrons. The summed E-state index contributed by atoms with van der Waals surface area (Å²) in [7, 11) is 0. The first-order valence-electron chi connectivity index (χ1n) is 6.06. The molecule has 0 amide bonds. The number of nitrogens with zero attached hydrogens (tertiary/aromatic N) is 1. The van der Waals surface area contributed by atoms with Crippen LogP contribution in [0, 0.1) is 11.3 Å². The topological polar surface area (TPSA) is 76.4 Å². The minimum atomic E-state index is -0.415. The molecule has 0 unspecified atom stereocenters. The summed E-state index contributed by atoms with van der Waals surface area (Å²) in [4.78, 5) is 22.7. The van der Waals surface area contributed by atoms with E-state index >= 15 is 0 Å². The molecule has 0 aliphatic heterocycles. The molecule has 0 atom stereocenters. The first-order valence-corrected chi connectivity index (χ1v) is 6.44. The maximum atomic E-state index is 11.6. The minimum absolute atomic E-state index is 0.0245. The molecule has 0 saturated heterocycles. The molecule has 0 fully saturated rings. The SMILES string of the molecule is CCOC(=O)CCC(=O)COc1cc(Cl)ccc1C#N. The smallest absolute Gasteiger partial charge is 0.306 e. The van der Waals surface area contributed by atoms with Crippen molar-refractivity contribution in [1.29, 1.82) is 5.26 Å². The molecule has 0 bridgehead atoms. The lowest BCUT2D eigenvalue weighted by Crippen LogP contribution is -2.14. The van der Waals surface area contributed by atoms with Crippen molar-refractivity contribution < 1.29 is 19.1 Å². The van der Waals surface area contributed by atoms with Crippen LogP contribution in [0.4, 0.5) is 0 Å². The Labute approximate surface area is 122 Å². The number of rotatable bonds is 7. The molecule has 0 aliphatic carbocycles. The van der Waals surface area contributed by atoms with Crippen LogP contribution in [0.2, 0.25) is 5.02 Å². The first-order chi connectivity index (χ1) is 9.56. The summed E-state index contributed by atoms with van der Waals surface area (Å²) < 4.78 is 9.97. The number of hydrogen-bond acceptors (Lipinski definition) is 5. The highest BCUT2D eigenvalue weighted by molar-refractivity contribution is 6.30. The third-order valence-electron chi connectivity index (χ3n) is 2.37. The van der Waals surface area contributed by atoms with Gasteiger partial charge in [0.15, 0.2) is 5.78 Å². The predicted molar refractivity (Wildman–Crippen MR) is 72.5 cm³/mol. The van der Waals surface area contributed by atoms with E-state index in [4.69, 9.17) is 26.3 Å². The first kappa shape index (κ1) is 16.0. The molecule has 20 heavy (non-hydrogen) atoms. The second-order valence-corrected chi connectivity index (χ2v) is 4.32. The van der Waals surface area contributed by atoms with Gasteiger partial charge >= 0.3 is 5.97 Å². The van der Waals surface area contributed by atoms with E-state index in [1.54, 1.807) is 13.0 Å². The molecular weight excluding hydrogens is 282 g/mol. The second-order valence-electron chi connectivity index (χ2n) is 3.88. The number of halogens is 1. The lowest BCUT2D eigenvalue weighted by molar-refractivity contribution is -0.144. The fourth-order valence-electron chi connectivity index (χ4n) is 1.41. The number of ketones is 1. The highest BCUT2D eigenvalue weighted by atomic mass is 35.5. The fourth-order valence-corrected chi connectivity index (χ4v) is 1.58. The Hall–Kier alpha value is -2.06. The van der Waals surface area contributed by atoms with Gasteiger partial charge in [0.25, 0.3) is 0 Å². The van der Waals surface area contributed by atoms with Crippen molar-refractivity contribution >= 4 is 23.4 Å². The van der Waals surface area contributed by atoms with Crippen LogP contribution < -0.4 is 4.74 Å². The van der Waals surface area contributed by atoms with Crippen LogP contribution in [0.25, 0.3) is 0 Å². The van der Waals surface area contributed by atoms with Crippen molar-refractivity contribution in [2.45, 2.75) is 19.8 Å². The van der Waals surface area contributed by atoms with Crippen molar-refractivity contribution in [1.82, 2.24) is 0 Å². The molecule has 1 aromatic carbocycles. The maximum Gasteiger partial charge on any atom is 0.306 e. The number of carbonyl (C=O) groups is 2. The number of esters is 1. The summed E-state index contributed by atoms with van der Waals surface area (Å²) in [6.45, 7) is 1.78. The van der Waals surface area contributed by atoms with Gasteiger partial charge in [-0.2, -0.15) is 5.26 Å². The zero-order chi connectivity index (χ0) is 15.0. The fraction of sp³-hybridized carbons (Fsp3) is 0.357. The van der Waals surface area contributed by atoms with Crippen LogP contribution in [0.15, 0.2) is 18.2 Å². The molecule has 0 aliphatic rings.